The lowest BCUT2D eigenvalue weighted by molar-refractivity contribution is 0.585. The van der Waals surface area contributed by atoms with Crippen molar-refractivity contribution in [1.29, 1.82) is 0 Å². The smallest absolute Gasteiger partial charge is 0.148 e. The number of hydrogen-bond donors (Lipinski definition) is 2. The number of fused-ring (bicyclic) bond motifs is 1. The van der Waals surface area contributed by atoms with E-state index in [9.17, 15) is 0 Å². The summed E-state index contributed by atoms with van der Waals surface area (Å²) < 4.78 is 0. The van der Waals surface area contributed by atoms with Crippen LogP contribution < -0.4 is 16.0 Å². The van der Waals surface area contributed by atoms with Crippen molar-refractivity contribution in [2.45, 2.75) is 6.54 Å². The van der Waals surface area contributed by atoms with Crippen molar-refractivity contribution in [3.8, 4) is 11.1 Å². The van der Waals surface area contributed by atoms with Gasteiger partial charge in [-0.3, -0.25) is 4.98 Å². The van der Waals surface area contributed by atoms with Crippen LogP contribution in [0.5, 0.6) is 0 Å². The molecule has 144 valence electrons. The Morgan fingerprint density at radius 1 is 1.04 bits per heavy atom. The van der Waals surface area contributed by atoms with Crippen LogP contribution in [0.2, 0.25) is 5.02 Å². The molecule has 3 aromatic rings. The van der Waals surface area contributed by atoms with Gasteiger partial charge in [0.05, 0.1) is 16.2 Å². The van der Waals surface area contributed by atoms with Gasteiger partial charge in [-0.2, -0.15) is 0 Å². The molecule has 0 bridgehead atoms. The van der Waals surface area contributed by atoms with Gasteiger partial charge in [0.1, 0.15) is 5.82 Å². The largest absolute Gasteiger partial charge is 0.353 e. The van der Waals surface area contributed by atoms with Gasteiger partial charge in [-0.05, 0) is 41.5 Å². The number of anilines is 1. The third-order valence-electron chi connectivity index (χ3n) is 4.53. The molecule has 0 unspecified atom stereocenters. The van der Waals surface area contributed by atoms with Crippen molar-refractivity contribution in [2.24, 2.45) is 5.73 Å². The first-order valence-corrected chi connectivity index (χ1v) is 8.84. The molecule has 2 aromatic heterocycles. The van der Waals surface area contributed by atoms with E-state index in [0.29, 0.717) is 11.6 Å². The van der Waals surface area contributed by atoms with E-state index in [0.717, 1.165) is 59.7 Å². The number of nitrogens with one attached hydrogen (secondary N) is 1. The Labute approximate surface area is 176 Å². The summed E-state index contributed by atoms with van der Waals surface area (Å²) in [6, 6.07) is 12.3. The van der Waals surface area contributed by atoms with E-state index in [4.69, 9.17) is 22.3 Å². The Morgan fingerprint density at radius 2 is 1.78 bits per heavy atom. The van der Waals surface area contributed by atoms with Gasteiger partial charge in [-0.25, -0.2) is 4.98 Å². The molecule has 0 saturated carbocycles. The van der Waals surface area contributed by atoms with Gasteiger partial charge < -0.3 is 16.0 Å². The molecule has 1 fully saturated rings. The summed E-state index contributed by atoms with van der Waals surface area (Å²) in [6.45, 7) is 4.20. The monoisotopic (exact) mass is 425 g/mol. The predicted octanol–water partition coefficient (Wildman–Crippen LogP) is 3.66. The summed E-state index contributed by atoms with van der Waals surface area (Å²) in [5.41, 5.74) is 9.73. The molecule has 3 N–H and O–H groups in total. The third kappa shape index (κ3) is 4.62. The minimum absolute atomic E-state index is 0. The number of nitrogens with zero attached hydrogens (tertiary/aromatic N) is 3. The van der Waals surface area contributed by atoms with Crippen LogP contribution in [0.3, 0.4) is 0 Å². The van der Waals surface area contributed by atoms with Crippen LogP contribution >= 0.6 is 36.4 Å². The van der Waals surface area contributed by atoms with Crippen LogP contribution in [0.1, 0.15) is 5.69 Å². The number of piperazine rings is 1. The number of benzene rings is 1. The quantitative estimate of drug-likeness (QED) is 0.669. The van der Waals surface area contributed by atoms with E-state index in [1.165, 1.54) is 0 Å². The van der Waals surface area contributed by atoms with Gasteiger partial charge in [-0.1, -0.05) is 17.7 Å². The summed E-state index contributed by atoms with van der Waals surface area (Å²) in [6.07, 6.45) is 1.79. The normalized spacial score (nSPS) is 13.8. The topological polar surface area (TPSA) is 67.1 Å². The Kier molecular flexibility index (Phi) is 7.65. The minimum atomic E-state index is 0. The molecule has 0 aliphatic carbocycles. The molecule has 1 saturated heterocycles. The van der Waals surface area contributed by atoms with E-state index >= 15 is 0 Å². The van der Waals surface area contributed by atoms with Crippen LogP contribution in [-0.4, -0.2) is 36.1 Å². The molecule has 8 heteroatoms. The zero-order chi connectivity index (χ0) is 17.2. The van der Waals surface area contributed by atoms with Crippen LogP contribution in [-0.2, 0) is 6.54 Å². The van der Waals surface area contributed by atoms with Crippen molar-refractivity contribution in [3.05, 3.63) is 53.3 Å². The van der Waals surface area contributed by atoms with Crippen LogP contribution in [0.15, 0.2) is 42.6 Å². The predicted molar refractivity (Wildman–Crippen MR) is 117 cm³/mol. The van der Waals surface area contributed by atoms with Gasteiger partial charge in [-0.15, -0.1) is 24.8 Å². The van der Waals surface area contributed by atoms with Crippen molar-refractivity contribution in [2.75, 3.05) is 31.1 Å². The second-order valence-electron chi connectivity index (χ2n) is 6.18. The molecule has 1 aromatic carbocycles. The van der Waals surface area contributed by atoms with Gasteiger partial charge in [0.15, 0.2) is 0 Å². The lowest BCUT2D eigenvalue weighted by Crippen LogP contribution is -2.44. The number of rotatable bonds is 3. The molecule has 0 radical (unpaired) electrons. The molecule has 0 amide bonds. The first-order chi connectivity index (χ1) is 12.2. The van der Waals surface area contributed by atoms with E-state index in [2.05, 4.69) is 33.4 Å². The Morgan fingerprint density at radius 3 is 2.52 bits per heavy atom. The molecule has 27 heavy (non-hydrogen) atoms. The second-order valence-corrected chi connectivity index (χ2v) is 6.59. The number of aromatic nitrogens is 2. The summed E-state index contributed by atoms with van der Waals surface area (Å²) in [5, 5.41) is 5.08. The van der Waals surface area contributed by atoms with Gasteiger partial charge in [0.2, 0.25) is 0 Å². The lowest BCUT2D eigenvalue weighted by atomic mass is 10.0. The minimum Gasteiger partial charge on any atom is -0.353 e. The Balaban J connectivity index is 0.00000131. The maximum absolute atomic E-state index is 6.53. The summed E-state index contributed by atoms with van der Waals surface area (Å²) in [5.74, 6) is 0.873. The van der Waals surface area contributed by atoms with Crippen molar-refractivity contribution >= 4 is 53.1 Å². The van der Waals surface area contributed by atoms with Gasteiger partial charge >= 0.3 is 0 Å². The highest BCUT2D eigenvalue weighted by molar-refractivity contribution is 6.33. The fourth-order valence-corrected chi connectivity index (χ4v) is 3.47. The zero-order valence-electron chi connectivity index (χ0n) is 14.7. The molecule has 4 rings (SSSR count). The van der Waals surface area contributed by atoms with E-state index < -0.39 is 0 Å². The van der Waals surface area contributed by atoms with Crippen LogP contribution in [0.25, 0.3) is 22.0 Å². The SMILES string of the molecule is Cl.Cl.NCc1cc(-c2ccc3nc(N4CCNCC4)c(Cl)cc3c2)ccn1. The van der Waals surface area contributed by atoms with E-state index in [-0.39, 0.29) is 24.8 Å². The lowest BCUT2D eigenvalue weighted by Gasteiger charge is -2.29. The van der Waals surface area contributed by atoms with Crippen molar-refractivity contribution in [1.82, 2.24) is 15.3 Å². The highest BCUT2D eigenvalue weighted by atomic mass is 35.5. The summed E-state index contributed by atoms with van der Waals surface area (Å²) >= 11 is 6.53. The molecule has 5 nitrogen and oxygen atoms in total. The van der Waals surface area contributed by atoms with Crippen LogP contribution in [0.4, 0.5) is 5.82 Å². The van der Waals surface area contributed by atoms with E-state index in [1.54, 1.807) is 6.20 Å². The molecule has 0 spiro atoms. The molecule has 1 aliphatic rings. The second kappa shape index (κ2) is 9.53. The van der Waals surface area contributed by atoms with Gasteiger partial charge in [0, 0.05) is 44.3 Å². The standard InChI is InChI=1S/C19H20ClN5.2ClH/c20-17-11-15-9-13(14-3-4-23-16(10-14)12-21)1-2-18(15)24-19(17)25-7-5-22-6-8-25;;/h1-4,9-11,22H,5-8,12,21H2;2*1H. The number of hydrogen-bond acceptors (Lipinski definition) is 5. The third-order valence-corrected chi connectivity index (χ3v) is 4.80. The molecule has 3 heterocycles. The maximum Gasteiger partial charge on any atom is 0.148 e. The number of halogens is 3. The Hall–Kier alpha value is -1.63. The van der Waals surface area contributed by atoms with E-state index in [1.807, 2.05) is 18.2 Å². The highest BCUT2D eigenvalue weighted by Gasteiger charge is 2.16. The zero-order valence-corrected chi connectivity index (χ0v) is 17.1. The first-order valence-electron chi connectivity index (χ1n) is 8.46. The molecular formula is C19H22Cl3N5. The number of pyridine rings is 2. The summed E-state index contributed by atoms with van der Waals surface area (Å²) in [7, 11) is 0. The number of nitrogens with two attached hydrogens (primary N) is 1. The average Bonchev–Trinajstić information content (AvgIpc) is 2.67. The van der Waals surface area contributed by atoms with Crippen molar-refractivity contribution in [3.63, 3.8) is 0 Å². The Bertz CT molecular complexity index is 913. The average molecular weight is 427 g/mol. The first kappa shape index (κ1) is 21.7. The summed E-state index contributed by atoms with van der Waals surface area (Å²) in [4.78, 5) is 11.3. The molecule has 1 aliphatic heterocycles. The van der Waals surface area contributed by atoms with Crippen LogP contribution in [0, 0.1) is 0 Å². The molecule has 0 atom stereocenters. The highest BCUT2D eigenvalue weighted by Crippen LogP contribution is 2.31. The van der Waals surface area contributed by atoms with Gasteiger partial charge in [0.25, 0.3) is 0 Å². The molecular weight excluding hydrogens is 405 g/mol. The van der Waals surface area contributed by atoms with Crippen molar-refractivity contribution < 1.29 is 0 Å². The fraction of sp³-hybridized carbons (Fsp3) is 0.263. The fourth-order valence-electron chi connectivity index (χ4n) is 3.19. The maximum atomic E-state index is 6.53.